The summed E-state index contributed by atoms with van der Waals surface area (Å²) in [6.07, 6.45) is 0. The number of aromatic nitrogens is 1. The minimum atomic E-state index is -0.513. The molecule has 0 saturated carbocycles. The number of nitrogens with one attached hydrogen (secondary N) is 1. The first kappa shape index (κ1) is 21.4. The number of carbonyl (C=O) groups is 2. The highest BCUT2D eigenvalue weighted by atomic mass is 35.5. The summed E-state index contributed by atoms with van der Waals surface area (Å²) in [6.45, 7) is 1.95. The van der Waals surface area contributed by atoms with Gasteiger partial charge in [-0.15, -0.1) is 11.3 Å². The Morgan fingerprint density at radius 2 is 1.94 bits per heavy atom. The molecule has 0 unspecified atom stereocenters. The number of ether oxygens (including phenoxy) is 1. The van der Waals surface area contributed by atoms with E-state index in [0.29, 0.717) is 37.5 Å². The molecule has 6 nitrogen and oxygen atoms in total. The number of carbonyl (C=O) groups excluding carboxylic acids is 2. The van der Waals surface area contributed by atoms with E-state index in [1.54, 1.807) is 18.4 Å². The van der Waals surface area contributed by atoms with Crippen molar-refractivity contribution in [3.05, 3.63) is 64.5 Å². The molecule has 1 amide bonds. The normalized spacial score (nSPS) is 10.9. The number of thiophene rings is 1. The Morgan fingerprint density at radius 1 is 1.16 bits per heavy atom. The molecule has 2 heterocycles. The quantitative estimate of drug-likeness (QED) is 0.258. The van der Waals surface area contributed by atoms with Crippen LogP contribution >= 0.6 is 34.7 Å². The highest BCUT2D eigenvalue weighted by molar-refractivity contribution is 7.99. The second-order valence-corrected chi connectivity index (χ2v) is 8.55. The van der Waals surface area contributed by atoms with E-state index in [1.165, 1.54) is 23.1 Å². The van der Waals surface area contributed by atoms with Crippen LogP contribution in [-0.4, -0.2) is 29.2 Å². The number of oxazole rings is 1. The Hall–Kier alpha value is -2.81. The molecule has 0 saturated heterocycles. The lowest BCUT2D eigenvalue weighted by atomic mass is 10.0. The highest BCUT2D eigenvalue weighted by Crippen LogP contribution is 2.39. The molecule has 0 atom stereocenters. The van der Waals surface area contributed by atoms with Crippen molar-refractivity contribution >= 4 is 62.7 Å². The number of esters is 1. The van der Waals surface area contributed by atoms with E-state index in [-0.39, 0.29) is 18.3 Å². The van der Waals surface area contributed by atoms with Gasteiger partial charge < -0.3 is 14.5 Å². The second kappa shape index (κ2) is 9.55. The Balaban J connectivity index is 1.53. The van der Waals surface area contributed by atoms with Gasteiger partial charge in [-0.25, -0.2) is 9.78 Å². The molecule has 31 heavy (non-hydrogen) atoms. The molecular formula is C22H17ClN2O4S2. The molecular weight excluding hydrogens is 456 g/mol. The maximum Gasteiger partial charge on any atom is 0.341 e. The zero-order valence-corrected chi connectivity index (χ0v) is 18.8. The fraction of sp³-hybridized carbons (Fsp3) is 0.136. The molecule has 0 spiro atoms. The van der Waals surface area contributed by atoms with Crippen LogP contribution in [0.1, 0.15) is 17.3 Å². The molecule has 4 aromatic rings. The van der Waals surface area contributed by atoms with Crippen LogP contribution in [0.15, 0.2) is 63.6 Å². The predicted octanol–water partition coefficient (Wildman–Crippen LogP) is 6.12. The van der Waals surface area contributed by atoms with E-state index < -0.39 is 5.97 Å². The number of hydrogen-bond acceptors (Lipinski definition) is 7. The van der Waals surface area contributed by atoms with Gasteiger partial charge in [0.05, 0.1) is 12.4 Å². The standard InChI is InChI=1S/C22H17ClN2O4S2/c1-2-28-21(27)19-14(13-7-3-4-8-15(13)23)11-30-20(19)25-18(26)12-31-22-24-16-9-5-6-10-17(16)29-22/h3-11H,2,12H2,1H3,(H,25,26). The van der Waals surface area contributed by atoms with Crippen molar-refractivity contribution in [3.8, 4) is 11.1 Å². The van der Waals surface area contributed by atoms with Crippen molar-refractivity contribution in [1.82, 2.24) is 4.98 Å². The van der Waals surface area contributed by atoms with Gasteiger partial charge in [0.25, 0.3) is 5.22 Å². The third-order valence-electron chi connectivity index (χ3n) is 4.29. The summed E-state index contributed by atoms with van der Waals surface area (Å²) < 4.78 is 10.8. The molecule has 0 fully saturated rings. The molecule has 0 aliphatic heterocycles. The molecule has 0 bridgehead atoms. The minimum absolute atomic E-state index is 0.0778. The summed E-state index contributed by atoms with van der Waals surface area (Å²) >= 11 is 8.75. The predicted molar refractivity (Wildman–Crippen MR) is 124 cm³/mol. The number of rotatable bonds is 7. The molecule has 0 aliphatic carbocycles. The number of amides is 1. The van der Waals surface area contributed by atoms with Crippen LogP contribution in [0.4, 0.5) is 5.00 Å². The number of fused-ring (bicyclic) bond motifs is 1. The van der Waals surface area contributed by atoms with Crippen molar-refractivity contribution in [2.24, 2.45) is 0 Å². The number of hydrogen-bond donors (Lipinski definition) is 1. The Kier molecular flexibility index (Phi) is 6.60. The number of anilines is 1. The maximum absolute atomic E-state index is 12.7. The SMILES string of the molecule is CCOC(=O)c1c(-c2ccccc2Cl)csc1NC(=O)CSc1nc2ccccc2o1. The van der Waals surface area contributed by atoms with Gasteiger partial charge in [-0.05, 0) is 25.1 Å². The number of benzene rings is 2. The first-order valence-corrected chi connectivity index (χ1v) is 11.6. The van der Waals surface area contributed by atoms with Gasteiger partial charge >= 0.3 is 5.97 Å². The second-order valence-electron chi connectivity index (χ2n) is 6.34. The topological polar surface area (TPSA) is 81.4 Å². The number of thioether (sulfide) groups is 1. The van der Waals surface area contributed by atoms with Crippen LogP contribution < -0.4 is 5.32 Å². The van der Waals surface area contributed by atoms with Gasteiger partial charge in [0, 0.05) is 21.5 Å². The Morgan fingerprint density at radius 3 is 2.71 bits per heavy atom. The number of nitrogens with zero attached hydrogens (tertiary/aromatic N) is 1. The number of halogens is 1. The third-order valence-corrected chi connectivity index (χ3v) is 6.34. The van der Waals surface area contributed by atoms with Gasteiger partial charge in [-0.2, -0.15) is 0 Å². The maximum atomic E-state index is 12.7. The van der Waals surface area contributed by atoms with Crippen LogP contribution in [0.25, 0.3) is 22.2 Å². The lowest BCUT2D eigenvalue weighted by Crippen LogP contribution is -2.16. The first-order valence-electron chi connectivity index (χ1n) is 9.38. The fourth-order valence-electron chi connectivity index (χ4n) is 2.94. The summed E-state index contributed by atoms with van der Waals surface area (Å²) in [5.41, 5.74) is 3.01. The highest BCUT2D eigenvalue weighted by Gasteiger charge is 2.24. The molecule has 9 heteroatoms. The van der Waals surface area contributed by atoms with Crippen LogP contribution in [0, 0.1) is 0 Å². The van der Waals surface area contributed by atoms with Gasteiger partial charge in [-0.1, -0.05) is 53.7 Å². The molecule has 158 valence electrons. The number of para-hydroxylation sites is 2. The molecule has 0 radical (unpaired) electrons. The smallest absolute Gasteiger partial charge is 0.341 e. The zero-order valence-electron chi connectivity index (χ0n) is 16.4. The molecule has 0 aliphatic rings. The van der Waals surface area contributed by atoms with E-state index in [0.717, 1.165) is 5.52 Å². The van der Waals surface area contributed by atoms with Crippen molar-refractivity contribution in [3.63, 3.8) is 0 Å². The third kappa shape index (κ3) is 4.76. The van der Waals surface area contributed by atoms with Crippen LogP contribution in [0.2, 0.25) is 5.02 Å². The molecule has 4 rings (SSSR count). The van der Waals surface area contributed by atoms with Gasteiger partial charge in [0.1, 0.15) is 16.1 Å². The van der Waals surface area contributed by atoms with Crippen LogP contribution in [0.5, 0.6) is 0 Å². The summed E-state index contributed by atoms with van der Waals surface area (Å²) in [6, 6.07) is 14.6. The zero-order chi connectivity index (χ0) is 21.8. The van der Waals surface area contributed by atoms with Crippen molar-refractivity contribution in [2.45, 2.75) is 12.1 Å². The van der Waals surface area contributed by atoms with E-state index in [1.807, 2.05) is 42.5 Å². The Bertz CT molecular complexity index is 1220. The van der Waals surface area contributed by atoms with E-state index in [2.05, 4.69) is 10.3 Å². The average molecular weight is 473 g/mol. The fourth-order valence-corrected chi connectivity index (χ4v) is 4.78. The van der Waals surface area contributed by atoms with Gasteiger partial charge in [0.15, 0.2) is 5.58 Å². The summed E-state index contributed by atoms with van der Waals surface area (Å²) in [4.78, 5) is 29.6. The molecule has 2 aromatic carbocycles. The van der Waals surface area contributed by atoms with Crippen LogP contribution in [0.3, 0.4) is 0 Å². The van der Waals surface area contributed by atoms with Crippen molar-refractivity contribution in [2.75, 3.05) is 17.7 Å². The summed E-state index contributed by atoms with van der Waals surface area (Å²) in [7, 11) is 0. The van der Waals surface area contributed by atoms with Gasteiger partial charge in [-0.3, -0.25) is 4.79 Å². The van der Waals surface area contributed by atoms with E-state index >= 15 is 0 Å². The lowest BCUT2D eigenvalue weighted by Gasteiger charge is -2.09. The van der Waals surface area contributed by atoms with Crippen molar-refractivity contribution in [1.29, 1.82) is 0 Å². The first-order chi connectivity index (χ1) is 15.1. The monoisotopic (exact) mass is 472 g/mol. The molecule has 1 N–H and O–H groups in total. The van der Waals surface area contributed by atoms with Gasteiger partial charge in [0.2, 0.25) is 5.91 Å². The largest absolute Gasteiger partial charge is 0.462 e. The molecule has 2 aromatic heterocycles. The van der Waals surface area contributed by atoms with Crippen LogP contribution in [-0.2, 0) is 9.53 Å². The Labute approximate surface area is 191 Å². The van der Waals surface area contributed by atoms with Crippen molar-refractivity contribution < 1.29 is 18.7 Å². The summed E-state index contributed by atoms with van der Waals surface area (Å²) in [5, 5.41) is 5.93. The summed E-state index contributed by atoms with van der Waals surface area (Å²) in [5.74, 6) is -0.722. The lowest BCUT2D eigenvalue weighted by molar-refractivity contribution is -0.113. The minimum Gasteiger partial charge on any atom is -0.462 e. The van der Waals surface area contributed by atoms with E-state index in [4.69, 9.17) is 20.8 Å². The average Bonchev–Trinajstić information content (AvgIpc) is 3.36. The van der Waals surface area contributed by atoms with E-state index in [9.17, 15) is 9.59 Å².